The number of halogens is 1. The highest BCUT2D eigenvalue weighted by Gasteiger charge is 2.26. The fourth-order valence-corrected chi connectivity index (χ4v) is 4.17. The third kappa shape index (κ3) is 3.75. The van der Waals surface area contributed by atoms with Crippen LogP contribution in [0.1, 0.15) is 22.3 Å². The lowest BCUT2D eigenvalue weighted by molar-refractivity contribution is 0.0984. The third-order valence-corrected chi connectivity index (χ3v) is 5.91. The zero-order valence-electron chi connectivity index (χ0n) is 15.3. The van der Waals surface area contributed by atoms with Gasteiger partial charge in [0.2, 0.25) is 0 Å². The number of benzene rings is 2. The molecule has 0 unspecified atom stereocenters. The number of ether oxygens (including phenoxy) is 2. The maximum Gasteiger partial charge on any atom is 0.258 e. The molecule has 1 aliphatic rings. The molecule has 144 valence electrons. The summed E-state index contributed by atoms with van der Waals surface area (Å²) >= 11 is 6.23. The van der Waals surface area contributed by atoms with Gasteiger partial charge in [0.15, 0.2) is 21.3 Å². The predicted octanol–water partition coefficient (Wildman–Crippen LogP) is 3.35. The highest BCUT2D eigenvalue weighted by atomic mass is 35.5. The largest absolute Gasteiger partial charge is 0.493 e. The van der Waals surface area contributed by atoms with Crippen molar-refractivity contribution in [2.75, 3.05) is 31.9 Å². The number of sulfone groups is 1. The topological polar surface area (TPSA) is 72.9 Å². The van der Waals surface area contributed by atoms with Gasteiger partial charge in [-0.25, -0.2) is 8.42 Å². The van der Waals surface area contributed by atoms with Gasteiger partial charge in [0.05, 0.1) is 24.1 Å². The summed E-state index contributed by atoms with van der Waals surface area (Å²) in [6.45, 7) is 0.538. The molecule has 8 heteroatoms. The van der Waals surface area contributed by atoms with E-state index < -0.39 is 9.84 Å². The lowest BCUT2D eigenvalue weighted by Crippen LogP contribution is -2.35. The number of anilines is 1. The molecule has 0 spiro atoms. The quantitative estimate of drug-likeness (QED) is 0.774. The van der Waals surface area contributed by atoms with E-state index in [0.717, 1.165) is 18.4 Å². The number of carbonyl (C=O) groups is 1. The molecule has 3 rings (SSSR count). The van der Waals surface area contributed by atoms with Crippen molar-refractivity contribution >= 4 is 33.0 Å². The summed E-state index contributed by atoms with van der Waals surface area (Å²) in [4.78, 5) is 15.0. The summed E-state index contributed by atoms with van der Waals surface area (Å²) in [5.41, 5.74) is 1.92. The predicted molar refractivity (Wildman–Crippen MR) is 104 cm³/mol. The standard InChI is InChI=1S/C19H20ClNO5S/c1-25-17-11-13(10-15(20)18(17)26-2)19(22)21-8-4-5-12-9-14(27(3,23)24)6-7-16(12)21/h6-7,9-11H,4-5,8H2,1-3H3. The molecule has 0 bridgehead atoms. The van der Waals surface area contributed by atoms with Crippen molar-refractivity contribution in [3.05, 3.63) is 46.5 Å². The van der Waals surface area contributed by atoms with E-state index in [9.17, 15) is 13.2 Å². The fraction of sp³-hybridized carbons (Fsp3) is 0.316. The molecule has 2 aromatic carbocycles. The maximum absolute atomic E-state index is 13.1. The van der Waals surface area contributed by atoms with Gasteiger partial charge in [-0.2, -0.15) is 0 Å². The molecule has 0 fully saturated rings. The van der Waals surface area contributed by atoms with Crippen molar-refractivity contribution in [1.29, 1.82) is 0 Å². The molecule has 2 aromatic rings. The number of hydrogen-bond acceptors (Lipinski definition) is 5. The SMILES string of the molecule is COc1cc(C(=O)N2CCCc3cc(S(C)(=O)=O)ccc32)cc(Cl)c1OC. The van der Waals surface area contributed by atoms with E-state index in [4.69, 9.17) is 21.1 Å². The van der Waals surface area contributed by atoms with Crippen LogP contribution in [0.5, 0.6) is 11.5 Å². The Labute approximate surface area is 163 Å². The Balaban J connectivity index is 2.02. The molecular weight excluding hydrogens is 390 g/mol. The average Bonchev–Trinajstić information content (AvgIpc) is 2.65. The minimum Gasteiger partial charge on any atom is -0.493 e. The second-order valence-corrected chi connectivity index (χ2v) is 8.74. The average molecular weight is 410 g/mol. The first-order chi connectivity index (χ1) is 12.8. The van der Waals surface area contributed by atoms with E-state index in [1.165, 1.54) is 26.5 Å². The second kappa shape index (κ2) is 7.40. The van der Waals surface area contributed by atoms with Gasteiger partial charge in [-0.1, -0.05) is 11.6 Å². The van der Waals surface area contributed by atoms with E-state index in [2.05, 4.69) is 0 Å². The van der Waals surface area contributed by atoms with Crippen LogP contribution in [0.4, 0.5) is 5.69 Å². The highest BCUT2D eigenvalue weighted by Crippen LogP contribution is 2.37. The maximum atomic E-state index is 13.1. The van der Waals surface area contributed by atoms with Gasteiger partial charge in [0, 0.05) is 24.1 Å². The van der Waals surface area contributed by atoms with Gasteiger partial charge < -0.3 is 14.4 Å². The third-order valence-electron chi connectivity index (χ3n) is 4.52. The van der Waals surface area contributed by atoms with E-state index in [1.54, 1.807) is 29.2 Å². The van der Waals surface area contributed by atoms with E-state index in [1.807, 2.05) is 0 Å². The number of carbonyl (C=O) groups excluding carboxylic acids is 1. The Hall–Kier alpha value is -2.25. The molecule has 1 heterocycles. The zero-order valence-corrected chi connectivity index (χ0v) is 16.9. The molecule has 0 atom stereocenters. The zero-order chi connectivity index (χ0) is 19.8. The number of amides is 1. The summed E-state index contributed by atoms with van der Waals surface area (Å²) in [6.07, 6.45) is 2.63. The van der Waals surface area contributed by atoms with E-state index in [-0.39, 0.29) is 15.8 Å². The van der Waals surface area contributed by atoms with Gasteiger partial charge in [-0.3, -0.25) is 4.79 Å². The normalized spacial score (nSPS) is 13.9. The number of aryl methyl sites for hydroxylation is 1. The van der Waals surface area contributed by atoms with Crippen LogP contribution in [0.3, 0.4) is 0 Å². The summed E-state index contributed by atoms with van der Waals surface area (Å²) in [5.74, 6) is 0.511. The lowest BCUT2D eigenvalue weighted by atomic mass is 10.0. The fourth-order valence-electron chi connectivity index (χ4n) is 3.21. The van der Waals surface area contributed by atoms with Gasteiger partial charge in [-0.15, -0.1) is 0 Å². The van der Waals surface area contributed by atoms with Crippen LogP contribution in [-0.4, -0.2) is 41.3 Å². The monoisotopic (exact) mass is 409 g/mol. The van der Waals surface area contributed by atoms with Gasteiger partial charge >= 0.3 is 0 Å². The van der Waals surface area contributed by atoms with Crippen LogP contribution in [0.2, 0.25) is 5.02 Å². The van der Waals surface area contributed by atoms with Crippen LogP contribution < -0.4 is 14.4 Å². The number of nitrogens with zero attached hydrogens (tertiary/aromatic N) is 1. The summed E-state index contributed by atoms with van der Waals surface area (Å²) in [5, 5.41) is 0.282. The van der Waals surface area contributed by atoms with Gasteiger partial charge in [-0.05, 0) is 48.7 Å². The van der Waals surface area contributed by atoms with Crippen molar-refractivity contribution in [3.63, 3.8) is 0 Å². The number of fused-ring (bicyclic) bond motifs is 1. The van der Waals surface area contributed by atoms with Crippen molar-refractivity contribution < 1.29 is 22.7 Å². The van der Waals surface area contributed by atoms with Crippen LogP contribution in [0, 0.1) is 0 Å². The Morgan fingerprint density at radius 3 is 2.52 bits per heavy atom. The molecule has 0 N–H and O–H groups in total. The first kappa shape index (κ1) is 19.5. The Morgan fingerprint density at radius 2 is 1.89 bits per heavy atom. The molecule has 0 saturated heterocycles. The van der Waals surface area contributed by atoms with Crippen LogP contribution >= 0.6 is 11.6 Å². The smallest absolute Gasteiger partial charge is 0.258 e. The molecule has 1 aliphatic heterocycles. The molecule has 1 amide bonds. The second-order valence-electron chi connectivity index (χ2n) is 6.32. The Bertz CT molecular complexity index is 1000. The molecule has 27 heavy (non-hydrogen) atoms. The van der Waals surface area contributed by atoms with Crippen molar-refractivity contribution in [3.8, 4) is 11.5 Å². The summed E-state index contributed by atoms with van der Waals surface area (Å²) < 4.78 is 34.1. The first-order valence-corrected chi connectivity index (χ1v) is 10.6. The lowest BCUT2D eigenvalue weighted by Gasteiger charge is -2.30. The van der Waals surface area contributed by atoms with Crippen LogP contribution in [0.15, 0.2) is 35.2 Å². The minimum absolute atomic E-state index is 0.231. The van der Waals surface area contributed by atoms with E-state index >= 15 is 0 Å². The minimum atomic E-state index is -3.30. The molecule has 0 saturated carbocycles. The Kier molecular flexibility index (Phi) is 5.35. The summed E-state index contributed by atoms with van der Waals surface area (Å²) in [7, 11) is -0.345. The molecule has 6 nitrogen and oxygen atoms in total. The van der Waals surface area contributed by atoms with Crippen molar-refractivity contribution in [2.24, 2.45) is 0 Å². The summed E-state index contributed by atoms with van der Waals surface area (Å²) in [6, 6.07) is 7.99. The van der Waals surface area contributed by atoms with Crippen LogP contribution in [0.25, 0.3) is 0 Å². The van der Waals surface area contributed by atoms with Gasteiger partial charge in [0.25, 0.3) is 5.91 Å². The molecule has 0 aromatic heterocycles. The molecule has 0 radical (unpaired) electrons. The van der Waals surface area contributed by atoms with Crippen molar-refractivity contribution in [2.45, 2.75) is 17.7 Å². The number of hydrogen-bond donors (Lipinski definition) is 0. The highest BCUT2D eigenvalue weighted by molar-refractivity contribution is 7.90. The number of rotatable bonds is 4. The van der Waals surface area contributed by atoms with Crippen LogP contribution in [-0.2, 0) is 16.3 Å². The van der Waals surface area contributed by atoms with E-state index in [0.29, 0.717) is 29.3 Å². The number of methoxy groups -OCH3 is 2. The molecule has 0 aliphatic carbocycles. The Morgan fingerprint density at radius 1 is 1.15 bits per heavy atom. The first-order valence-electron chi connectivity index (χ1n) is 8.32. The van der Waals surface area contributed by atoms with Crippen molar-refractivity contribution in [1.82, 2.24) is 0 Å². The van der Waals surface area contributed by atoms with Gasteiger partial charge in [0.1, 0.15) is 0 Å². The molecular formula is C19H20ClNO5S.